The van der Waals surface area contributed by atoms with E-state index in [1.54, 1.807) is 30.3 Å². The highest BCUT2D eigenvalue weighted by Gasteiger charge is 2.49. The maximum atomic E-state index is 13.4. The Kier molecular flexibility index (Phi) is 17.8. The van der Waals surface area contributed by atoms with Gasteiger partial charge in [0.25, 0.3) is 0 Å². The van der Waals surface area contributed by atoms with Crippen LogP contribution in [0.25, 0.3) is 0 Å². The number of aliphatic hydroxyl groups is 1. The standard InChI is InChI=1S/C38H51NO10/c1-3-4-5-8-11-16-29(40)17-12-9-6-7-10-13-19-32(38(48,37(46)47)26-34(41)42)35(43)39-33(36(44)45)25-28-20-22-30(23-21-28)49-31-18-14-15-27(2)24-31/h13-15,18-24,32-33,48H,3-12,16-17,25-26H2,1-2H3,(H,39,43)(H,41,42)(H,44,45)(H,46,47)/b19-13+/t32-,33-,38-/m0/s1. The van der Waals surface area contributed by atoms with Crippen molar-refractivity contribution in [1.82, 2.24) is 5.32 Å². The van der Waals surface area contributed by atoms with Gasteiger partial charge in [0, 0.05) is 19.3 Å². The molecule has 268 valence electrons. The van der Waals surface area contributed by atoms with Gasteiger partial charge < -0.3 is 30.5 Å². The number of ether oxygens (including phenoxy) is 1. The second-order valence-corrected chi connectivity index (χ2v) is 12.5. The van der Waals surface area contributed by atoms with Gasteiger partial charge in [-0.25, -0.2) is 9.59 Å². The zero-order chi connectivity index (χ0) is 36.2. The molecule has 0 unspecified atom stereocenters. The first-order chi connectivity index (χ1) is 23.3. The van der Waals surface area contributed by atoms with Crippen LogP contribution in [-0.2, 0) is 30.4 Å². The predicted octanol–water partition coefficient (Wildman–Crippen LogP) is 6.63. The lowest BCUT2D eigenvalue weighted by atomic mass is 9.82. The van der Waals surface area contributed by atoms with E-state index in [0.717, 1.165) is 56.6 Å². The first-order valence-electron chi connectivity index (χ1n) is 17.1. The van der Waals surface area contributed by atoms with E-state index in [1.807, 2.05) is 25.1 Å². The molecular formula is C38H51NO10. The quantitative estimate of drug-likeness (QED) is 0.0562. The van der Waals surface area contributed by atoms with Crippen LogP contribution in [0.3, 0.4) is 0 Å². The number of carboxylic acids is 3. The number of aliphatic carboxylic acids is 3. The van der Waals surface area contributed by atoms with E-state index in [9.17, 15) is 44.4 Å². The van der Waals surface area contributed by atoms with Crippen molar-refractivity contribution in [3.8, 4) is 11.5 Å². The van der Waals surface area contributed by atoms with Crippen molar-refractivity contribution >= 4 is 29.6 Å². The van der Waals surface area contributed by atoms with E-state index in [4.69, 9.17) is 4.74 Å². The molecule has 0 saturated heterocycles. The minimum atomic E-state index is -3.03. The molecule has 11 heteroatoms. The summed E-state index contributed by atoms with van der Waals surface area (Å²) in [6.07, 6.45) is 11.2. The van der Waals surface area contributed by atoms with Gasteiger partial charge in [-0.2, -0.15) is 0 Å². The second-order valence-electron chi connectivity index (χ2n) is 12.5. The molecule has 0 aliphatic rings. The number of carbonyl (C=O) groups excluding carboxylic acids is 2. The lowest BCUT2D eigenvalue weighted by Gasteiger charge is -2.29. The Morgan fingerprint density at radius 1 is 0.837 bits per heavy atom. The number of hydrogen-bond donors (Lipinski definition) is 5. The van der Waals surface area contributed by atoms with E-state index in [0.29, 0.717) is 42.7 Å². The molecule has 0 aliphatic heterocycles. The summed E-state index contributed by atoms with van der Waals surface area (Å²) in [4.78, 5) is 61.2. The fraction of sp³-hybridized carbons (Fsp3) is 0.500. The molecule has 2 aromatic carbocycles. The number of aryl methyl sites for hydroxylation is 1. The third-order valence-corrected chi connectivity index (χ3v) is 8.26. The van der Waals surface area contributed by atoms with Gasteiger partial charge in [0.1, 0.15) is 23.3 Å². The summed E-state index contributed by atoms with van der Waals surface area (Å²) in [6.45, 7) is 4.08. The Bertz CT molecular complexity index is 1400. The van der Waals surface area contributed by atoms with Crippen LogP contribution in [0.15, 0.2) is 60.7 Å². The highest BCUT2D eigenvalue weighted by molar-refractivity contribution is 5.94. The molecule has 49 heavy (non-hydrogen) atoms. The molecule has 0 aromatic heterocycles. The van der Waals surface area contributed by atoms with E-state index in [2.05, 4.69) is 12.2 Å². The number of allylic oxidation sites excluding steroid dienone is 1. The van der Waals surface area contributed by atoms with E-state index < -0.39 is 47.8 Å². The third-order valence-electron chi connectivity index (χ3n) is 8.26. The second kappa shape index (κ2) is 21.5. The minimum absolute atomic E-state index is 0.173. The normalized spacial score (nSPS) is 13.7. The van der Waals surface area contributed by atoms with Crippen LogP contribution in [-0.4, -0.2) is 61.7 Å². The highest BCUT2D eigenvalue weighted by Crippen LogP contribution is 2.26. The van der Waals surface area contributed by atoms with Crippen LogP contribution in [0.1, 0.15) is 102 Å². The monoisotopic (exact) mass is 681 g/mol. The van der Waals surface area contributed by atoms with Crippen LogP contribution in [0, 0.1) is 12.8 Å². The number of nitrogens with one attached hydrogen (secondary N) is 1. The Balaban J connectivity index is 2.01. The summed E-state index contributed by atoms with van der Waals surface area (Å²) < 4.78 is 5.82. The van der Waals surface area contributed by atoms with Gasteiger partial charge in [-0.1, -0.05) is 81.9 Å². The smallest absolute Gasteiger partial charge is 0.337 e. The van der Waals surface area contributed by atoms with Crippen LogP contribution in [0.2, 0.25) is 0 Å². The summed E-state index contributed by atoms with van der Waals surface area (Å²) >= 11 is 0. The number of ketones is 1. The first kappa shape index (κ1) is 40.7. The molecule has 0 bridgehead atoms. The van der Waals surface area contributed by atoms with Crippen molar-refractivity contribution in [3.05, 3.63) is 71.8 Å². The molecule has 1 amide bonds. The van der Waals surface area contributed by atoms with Gasteiger partial charge in [-0.05, 0) is 68.0 Å². The molecule has 0 saturated carbocycles. The van der Waals surface area contributed by atoms with Crippen molar-refractivity contribution in [3.63, 3.8) is 0 Å². The van der Waals surface area contributed by atoms with Crippen molar-refractivity contribution in [2.45, 2.75) is 115 Å². The van der Waals surface area contributed by atoms with E-state index in [1.165, 1.54) is 12.5 Å². The van der Waals surface area contributed by atoms with Crippen molar-refractivity contribution < 1.29 is 49.1 Å². The van der Waals surface area contributed by atoms with Gasteiger partial charge in [-0.3, -0.25) is 14.4 Å². The molecule has 2 aromatic rings. The number of hydrogen-bond acceptors (Lipinski definition) is 7. The van der Waals surface area contributed by atoms with Gasteiger partial charge in [0.2, 0.25) is 5.91 Å². The van der Waals surface area contributed by atoms with E-state index >= 15 is 0 Å². The molecule has 5 N–H and O–H groups in total. The third kappa shape index (κ3) is 15.1. The number of carboxylic acid groups (broad SMARTS) is 3. The van der Waals surface area contributed by atoms with Gasteiger partial charge in [-0.15, -0.1) is 0 Å². The predicted molar refractivity (Wildman–Crippen MR) is 185 cm³/mol. The number of benzene rings is 2. The van der Waals surface area contributed by atoms with Crippen LogP contribution >= 0.6 is 0 Å². The highest BCUT2D eigenvalue weighted by atomic mass is 16.5. The molecule has 11 nitrogen and oxygen atoms in total. The zero-order valence-corrected chi connectivity index (χ0v) is 28.6. The van der Waals surface area contributed by atoms with Crippen LogP contribution in [0.5, 0.6) is 11.5 Å². The molecular weight excluding hydrogens is 630 g/mol. The van der Waals surface area contributed by atoms with E-state index in [-0.39, 0.29) is 12.2 Å². The van der Waals surface area contributed by atoms with Crippen LogP contribution < -0.4 is 10.1 Å². The lowest BCUT2D eigenvalue weighted by Crippen LogP contribution is -2.55. The fourth-order valence-corrected chi connectivity index (χ4v) is 5.44. The summed E-state index contributed by atoms with van der Waals surface area (Å²) in [5.41, 5.74) is -1.48. The first-order valence-corrected chi connectivity index (χ1v) is 17.1. The van der Waals surface area contributed by atoms with Crippen molar-refractivity contribution in [1.29, 1.82) is 0 Å². The van der Waals surface area contributed by atoms with Gasteiger partial charge in [0.05, 0.1) is 12.3 Å². The number of unbranched alkanes of at least 4 members (excludes halogenated alkanes) is 8. The van der Waals surface area contributed by atoms with Gasteiger partial charge >= 0.3 is 17.9 Å². The number of amides is 1. The molecule has 0 fully saturated rings. The summed E-state index contributed by atoms with van der Waals surface area (Å²) in [7, 11) is 0. The maximum Gasteiger partial charge on any atom is 0.337 e. The Morgan fingerprint density at radius 2 is 1.47 bits per heavy atom. The number of carbonyl (C=O) groups is 5. The summed E-state index contributed by atoms with van der Waals surface area (Å²) in [5, 5.41) is 42.2. The summed E-state index contributed by atoms with van der Waals surface area (Å²) in [6, 6.07) is 12.5. The average molecular weight is 682 g/mol. The Morgan fingerprint density at radius 3 is 2.04 bits per heavy atom. The largest absolute Gasteiger partial charge is 0.481 e. The maximum absolute atomic E-state index is 13.4. The molecule has 2 rings (SSSR count). The Hall–Kier alpha value is -4.51. The van der Waals surface area contributed by atoms with Crippen molar-refractivity contribution in [2.24, 2.45) is 5.92 Å². The number of rotatable bonds is 25. The SMILES string of the molecule is CCCCCCCC(=O)CCCCCC/C=C/[C@@H](C(=O)N[C@@H](Cc1ccc(Oc2cccc(C)c2)cc1)C(=O)O)[C@@](O)(CC(=O)O)C(=O)O. The molecule has 0 aliphatic carbocycles. The zero-order valence-electron chi connectivity index (χ0n) is 28.6. The average Bonchev–Trinajstić information content (AvgIpc) is 3.04. The van der Waals surface area contributed by atoms with Crippen LogP contribution in [0.4, 0.5) is 0 Å². The fourth-order valence-electron chi connectivity index (χ4n) is 5.44. The molecule has 0 heterocycles. The molecule has 0 spiro atoms. The molecule has 0 radical (unpaired) electrons. The molecule has 3 atom stereocenters. The lowest BCUT2D eigenvalue weighted by molar-refractivity contribution is -0.172. The Labute approximate surface area is 288 Å². The van der Waals surface area contributed by atoms with Gasteiger partial charge in [0.15, 0.2) is 5.60 Å². The minimum Gasteiger partial charge on any atom is -0.481 e. The van der Waals surface area contributed by atoms with Crippen molar-refractivity contribution in [2.75, 3.05) is 0 Å². The number of Topliss-reactive ketones (excluding diaryl/α,β-unsaturated/α-hetero) is 1. The topological polar surface area (TPSA) is 188 Å². The summed E-state index contributed by atoms with van der Waals surface area (Å²) in [5.74, 6) is -6.59.